The lowest BCUT2D eigenvalue weighted by molar-refractivity contribution is -0.387. The molecule has 0 aliphatic heterocycles. The molecule has 0 heterocycles. The van der Waals surface area contributed by atoms with E-state index in [4.69, 9.17) is 0 Å². The van der Waals surface area contributed by atoms with Crippen molar-refractivity contribution in [3.05, 3.63) is 39.7 Å². The van der Waals surface area contributed by atoms with Gasteiger partial charge in [-0.25, -0.2) is 4.79 Å². The van der Waals surface area contributed by atoms with Crippen molar-refractivity contribution in [1.82, 2.24) is 5.32 Å². The van der Waals surface area contributed by atoms with E-state index in [0.29, 0.717) is 0 Å². The highest BCUT2D eigenvalue weighted by atomic mass is 19.1. The highest BCUT2D eigenvalue weighted by Gasteiger charge is 2.25. The van der Waals surface area contributed by atoms with Gasteiger partial charge in [-0.15, -0.1) is 0 Å². The summed E-state index contributed by atoms with van der Waals surface area (Å²) in [6.07, 6.45) is 4.24. The minimum Gasteiger partial charge on any atom is -0.480 e. The van der Waals surface area contributed by atoms with Crippen LogP contribution < -0.4 is 5.32 Å². The summed E-state index contributed by atoms with van der Waals surface area (Å²) in [6.45, 7) is 0. The Morgan fingerprint density at radius 1 is 1.38 bits per heavy atom. The number of hydrogen-bond acceptors (Lipinski definition) is 4. The SMILES string of the molecule is O=C(CC1CCCC1)N[C@@H](Cc1ccc(F)c([N+](=O)[O-])c1)C(=O)O. The van der Waals surface area contributed by atoms with Crippen molar-refractivity contribution in [3.63, 3.8) is 0 Å². The fourth-order valence-corrected chi connectivity index (χ4v) is 2.99. The van der Waals surface area contributed by atoms with Crippen LogP contribution in [0.15, 0.2) is 18.2 Å². The van der Waals surface area contributed by atoms with Gasteiger partial charge in [0, 0.05) is 18.9 Å². The molecule has 0 radical (unpaired) electrons. The number of amides is 1. The van der Waals surface area contributed by atoms with Crippen LogP contribution in [-0.4, -0.2) is 27.9 Å². The predicted molar refractivity (Wildman–Crippen MR) is 82.9 cm³/mol. The van der Waals surface area contributed by atoms with Gasteiger partial charge in [0.2, 0.25) is 11.7 Å². The van der Waals surface area contributed by atoms with Gasteiger partial charge in [0.25, 0.3) is 0 Å². The molecule has 8 heteroatoms. The van der Waals surface area contributed by atoms with Crippen LogP contribution in [-0.2, 0) is 16.0 Å². The number of halogens is 1. The van der Waals surface area contributed by atoms with Crippen LogP contribution in [0.4, 0.5) is 10.1 Å². The van der Waals surface area contributed by atoms with Gasteiger partial charge in [0.1, 0.15) is 6.04 Å². The number of rotatable bonds is 7. The van der Waals surface area contributed by atoms with Crippen molar-refractivity contribution in [2.75, 3.05) is 0 Å². The summed E-state index contributed by atoms with van der Waals surface area (Å²) < 4.78 is 13.3. The molecular formula is C16H19FN2O5. The third-order valence-electron chi connectivity index (χ3n) is 4.23. The first-order valence-corrected chi connectivity index (χ1v) is 7.82. The first kappa shape index (κ1) is 17.8. The number of hydrogen-bond donors (Lipinski definition) is 2. The van der Waals surface area contributed by atoms with E-state index in [0.717, 1.165) is 37.8 Å². The molecule has 1 aromatic carbocycles. The predicted octanol–water partition coefficient (Wildman–Crippen LogP) is 2.43. The van der Waals surface area contributed by atoms with Crippen molar-refractivity contribution in [2.24, 2.45) is 5.92 Å². The van der Waals surface area contributed by atoms with Crippen LogP contribution in [0.2, 0.25) is 0 Å². The molecule has 1 fully saturated rings. The van der Waals surface area contributed by atoms with Crippen LogP contribution in [0.5, 0.6) is 0 Å². The molecule has 0 bridgehead atoms. The molecule has 1 saturated carbocycles. The van der Waals surface area contributed by atoms with Crippen molar-refractivity contribution in [2.45, 2.75) is 44.6 Å². The van der Waals surface area contributed by atoms with Gasteiger partial charge in [-0.1, -0.05) is 18.9 Å². The van der Waals surface area contributed by atoms with E-state index in [1.54, 1.807) is 0 Å². The Morgan fingerprint density at radius 3 is 2.62 bits per heavy atom. The molecule has 0 saturated heterocycles. The van der Waals surface area contributed by atoms with Gasteiger partial charge in [0.15, 0.2) is 0 Å². The molecule has 1 amide bonds. The van der Waals surface area contributed by atoms with Gasteiger partial charge in [-0.05, 0) is 30.4 Å². The van der Waals surface area contributed by atoms with Crippen LogP contribution in [0.25, 0.3) is 0 Å². The molecule has 0 unspecified atom stereocenters. The topological polar surface area (TPSA) is 110 Å². The lowest BCUT2D eigenvalue weighted by atomic mass is 10.0. The lowest BCUT2D eigenvalue weighted by Crippen LogP contribution is -2.42. The maximum Gasteiger partial charge on any atom is 0.326 e. The average Bonchev–Trinajstić information content (AvgIpc) is 3.00. The Hall–Kier alpha value is -2.51. The summed E-state index contributed by atoms with van der Waals surface area (Å²) in [6, 6.07) is 1.99. The van der Waals surface area contributed by atoms with Crippen molar-refractivity contribution in [1.29, 1.82) is 0 Å². The number of nitrogens with one attached hydrogen (secondary N) is 1. The molecule has 2 rings (SSSR count). The summed E-state index contributed by atoms with van der Waals surface area (Å²) in [5.41, 5.74) is -0.439. The summed E-state index contributed by atoms with van der Waals surface area (Å²) in [5.74, 6) is -2.28. The minimum atomic E-state index is -1.23. The number of carbonyl (C=O) groups is 2. The number of nitro benzene ring substituents is 1. The fraction of sp³-hybridized carbons (Fsp3) is 0.500. The van der Waals surface area contributed by atoms with Gasteiger partial charge in [-0.3, -0.25) is 14.9 Å². The number of carboxylic acids is 1. The molecule has 2 N–H and O–H groups in total. The average molecular weight is 338 g/mol. The van der Waals surface area contributed by atoms with E-state index in [2.05, 4.69) is 5.32 Å². The molecule has 1 atom stereocenters. The second kappa shape index (κ2) is 7.85. The summed E-state index contributed by atoms with van der Waals surface area (Å²) in [4.78, 5) is 33.2. The molecule has 0 spiro atoms. The zero-order chi connectivity index (χ0) is 17.7. The van der Waals surface area contributed by atoms with Crippen molar-refractivity contribution >= 4 is 17.6 Å². The largest absolute Gasteiger partial charge is 0.480 e. The van der Waals surface area contributed by atoms with Crippen molar-refractivity contribution in [3.8, 4) is 0 Å². The maximum absolute atomic E-state index is 13.3. The molecule has 1 aromatic rings. The van der Waals surface area contributed by atoms with Crippen LogP contribution >= 0.6 is 0 Å². The molecule has 24 heavy (non-hydrogen) atoms. The molecule has 130 valence electrons. The standard InChI is InChI=1S/C16H19FN2O5/c17-12-6-5-11(8-14(12)19(23)24)7-13(16(21)22)18-15(20)9-10-3-1-2-4-10/h5-6,8,10,13H,1-4,7,9H2,(H,18,20)(H,21,22)/t13-/m0/s1. The quantitative estimate of drug-likeness (QED) is 0.586. The molecular weight excluding hydrogens is 319 g/mol. The Labute approximate surface area is 138 Å². The molecule has 1 aliphatic rings. The summed E-state index contributed by atoms with van der Waals surface area (Å²) in [7, 11) is 0. The van der Waals surface area contributed by atoms with Crippen LogP contribution in [0.3, 0.4) is 0 Å². The zero-order valence-electron chi connectivity index (χ0n) is 13.0. The molecule has 0 aromatic heterocycles. The first-order valence-electron chi connectivity index (χ1n) is 7.82. The monoisotopic (exact) mass is 338 g/mol. The van der Waals surface area contributed by atoms with Gasteiger partial charge in [0.05, 0.1) is 4.92 Å². The van der Waals surface area contributed by atoms with Crippen LogP contribution in [0.1, 0.15) is 37.7 Å². The van der Waals surface area contributed by atoms with Crippen LogP contribution in [0, 0.1) is 21.8 Å². The Bertz CT molecular complexity index is 643. The highest BCUT2D eigenvalue weighted by Crippen LogP contribution is 2.27. The Balaban J connectivity index is 2.02. The van der Waals surface area contributed by atoms with E-state index in [1.165, 1.54) is 6.07 Å². The van der Waals surface area contributed by atoms with Gasteiger partial charge < -0.3 is 10.4 Å². The normalized spacial score (nSPS) is 15.9. The number of nitrogens with zero attached hydrogens (tertiary/aromatic N) is 1. The number of carbonyl (C=O) groups excluding carboxylic acids is 1. The Kier molecular flexibility index (Phi) is 5.83. The second-order valence-electron chi connectivity index (χ2n) is 6.06. The summed E-state index contributed by atoms with van der Waals surface area (Å²) in [5, 5.41) is 22.5. The van der Waals surface area contributed by atoms with E-state index in [-0.39, 0.29) is 30.2 Å². The first-order chi connectivity index (χ1) is 11.4. The van der Waals surface area contributed by atoms with E-state index in [9.17, 15) is 29.2 Å². The van der Waals surface area contributed by atoms with Gasteiger partial charge >= 0.3 is 11.7 Å². The Morgan fingerprint density at radius 2 is 2.04 bits per heavy atom. The van der Waals surface area contributed by atoms with E-state index >= 15 is 0 Å². The number of aliphatic carboxylic acids is 1. The molecule has 7 nitrogen and oxygen atoms in total. The summed E-state index contributed by atoms with van der Waals surface area (Å²) >= 11 is 0. The fourth-order valence-electron chi connectivity index (χ4n) is 2.99. The van der Waals surface area contributed by atoms with E-state index < -0.39 is 28.4 Å². The smallest absolute Gasteiger partial charge is 0.326 e. The minimum absolute atomic E-state index is 0.146. The maximum atomic E-state index is 13.3. The third kappa shape index (κ3) is 4.74. The third-order valence-corrected chi connectivity index (χ3v) is 4.23. The van der Waals surface area contributed by atoms with E-state index in [1.807, 2.05) is 0 Å². The molecule has 1 aliphatic carbocycles. The lowest BCUT2D eigenvalue weighted by Gasteiger charge is -2.16. The zero-order valence-corrected chi connectivity index (χ0v) is 13.0. The van der Waals surface area contributed by atoms with Gasteiger partial charge in [-0.2, -0.15) is 4.39 Å². The second-order valence-corrected chi connectivity index (χ2v) is 6.06. The highest BCUT2D eigenvalue weighted by molar-refractivity contribution is 5.83. The van der Waals surface area contributed by atoms with Crippen molar-refractivity contribution < 1.29 is 24.0 Å². The number of benzene rings is 1. The number of nitro groups is 1. The number of carboxylic acid groups (broad SMARTS) is 1.